The van der Waals surface area contributed by atoms with Crippen molar-refractivity contribution in [3.8, 4) is 33.9 Å². The highest BCUT2D eigenvalue weighted by molar-refractivity contribution is 6.06. The van der Waals surface area contributed by atoms with Crippen molar-refractivity contribution in [3.63, 3.8) is 0 Å². The highest BCUT2D eigenvalue weighted by Gasteiger charge is 2.25. The second kappa shape index (κ2) is 6.20. The molecule has 1 aromatic heterocycles. The Morgan fingerprint density at radius 2 is 1.75 bits per heavy atom. The van der Waals surface area contributed by atoms with Gasteiger partial charge in [0.1, 0.15) is 11.4 Å². The molecule has 28 heavy (non-hydrogen) atoms. The summed E-state index contributed by atoms with van der Waals surface area (Å²) in [5.41, 5.74) is 9.60. The normalized spacial score (nSPS) is 12.0. The first-order chi connectivity index (χ1) is 13.6. The fourth-order valence-electron chi connectivity index (χ4n) is 4.44. The van der Waals surface area contributed by atoms with E-state index in [0.29, 0.717) is 0 Å². The summed E-state index contributed by atoms with van der Waals surface area (Å²) in [5.74, 6) is 1.78. The van der Waals surface area contributed by atoms with Crippen LogP contribution < -0.4 is 4.74 Å². The van der Waals surface area contributed by atoms with Crippen molar-refractivity contribution in [2.75, 3.05) is 0 Å². The third-order valence-corrected chi connectivity index (χ3v) is 5.92. The Balaban J connectivity index is 1.83. The molecule has 1 aliphatic heterocycles. The maximum absolute atomic E-state index is 6.50. The molecule has 3 aromatic carbocycles. The molecule has 0 unspecified atom stereocenters. The van der Waals surface area contributed by atoms with Crippen molar-refractivity contribution >= 4 is 10.8 Å². The summed E-state index contributed by atoms with van der Waals surface area (Å²) in [4.78, 5) is 4.77. The quantitative estimate of drug-likeness (QED) is 0.331. The van der Waals surface area contributed by atoms with Gasteiger partial charge in [0.25, 0.3) is 0 Å². The SMILES string of the molecule is CCc1cc(C)cc(-c2nccc3c2Oc2cccc4c(C)ccc-3c24)c1C. The van der Waals surface area contributed by atoms with Gasteiger partial charge in [-0.3, -0.25) is 4.98 Å². The molecule has 0 N–H and O–H groups in total. The third kappa shape index (κ3) is 2.37. The van der Waals surface area contributed by atoms with Gasteiger partial charge in [0.05, 0.1) is 0 Å². The summed E-state index contributed by atoms with van der Waals surface area (Å²) in [6.45, 7) is 8.70. The van der Waals surface area contributed by atoms with E-state index in [2.05, 4.69) is 76.2 Å². The van der Waals surface area contributed by atoms with E-state index in [1.54, 1.807) is 0 Å². The van der Waals surface area contributed by atoms with E-state index in [4.69, 9.17) is 9.72 Å². The molecule has 0 amide bonds. The number of nitrogens with zero attached hydrogens (tertiary/aromatic N) is 1. The van der Waals surface area contributed by atoms with Crippen LogP contribution in [-0.2, 0) is 6.42 Å². The molecule has 2 nitrogen and oxygen atoms in total. The molecule has 0 radical (unpaired) electrons. The average molecular weight is 365 g/mol. The summed E-state index contributed by atoms with van der Waals surface area (Å²) >= 11 is 0. The predicted octanol–water partition coefficient (Wildman–Crippen LogP) is 7.16. The molecule has 0 fully saturated rings. The molecule has 0 atom stereocenters. The van der Waals surface area contributed by atoms with Crippen LogP contribution in [0.25, 0.3) is 33.2 Å². The minimum absolute atomic E-state index is 0.863. The van der Waals surface area contributed by atoms with Gasteiger partial charge in [0.2, 0.25) is 0 Å². The number of fused-ring (bicyclic) bond motifs is 2. The molecule has 0 saturated heterocycles. The van der Waals surface area contributed by atoms with Gasteiger partial charge in [-0.1, -0.05) is 42.8 Å². The van der Waals surface area contributed by atoms with Gasteiger partial charge in [-0.25, -0.2) is 0 Å². The lowest BCUT2D eigenvalue weighted by Crippen LogP contribution is -2.02. The molecule has 1 aliphatic rings. The molecule has 0 bridgehead atoms. The Morgan fingerprint density at radius 3 is 2.57 bits per heavy atom. The Morgan fingerprint density at radius 1 is 0.893 bits per heavy atom. The van der Waals surface area contributed by atoms with Crippen LogP contribution in [0.1, 0.15) is 29.2 Å². The second-order valence-electron chi connectivity index (χ2n) is 7.70. The minimum atomic E-state index is 0.863. The topological polar surface area (TPSA) is 22.1 Å². The number of ether oxygens (including phenoxy) is 1. The van der Waals surface area contributed by atoms with Gasteiger partial charge in [-0.05, 0) is 73.0 Å². The monoisotopic (exact) mass is 365 g/mol. The van der Waals surface area contributed by atoms with Crippen LogP contribution in [0, 0.1) is 20.8 Å². The Bertz CT molecular complexity index is 1250. The Kier molecular flexibility index (Phi) is 3.77. The van der Waals surface area contributed by atoms with Crippen LogP contribution in [-0.4, -0.2) is 4.98 Å². The second-order valence-corrected chi connectivity index (χ2v) is 7.70. The zero-order chi connectivity index (χ0) is 19.4. The highest BCUT2D eigenvalue weighted by atomic mass is 16.5. The van der Waals surface area contributed by atoms with E-state index in [9.17, 15) is 0 Å². The molecule has 0 aliphatic carbocycles. The van der Waals surface area contributed by atoms with Crippen LogP contribution in [0.15, 0.2) is 54.7 Å². The molecule has 5 rings (SSSR count). The third-order valence-electron chi connectivity index (χ3n) is 5.92. The minimum Gasteiger partial charge on any atom is -0.454 e. The molecule has 2 heterocycles. The molecule has 4 aromatic rings. The number of pyridine rings is 1. The first-order valence-electron chi connectivity index (χ1n) is 9.88. The number of aryl methyl sites for hydroxylation is 3. The van der Waals surface area contributed by atoms with Crippen molar-refractivity contribution < 1.29 is 4.74 Å². The summed E-state index contributed by atoms with van der Waals surface area (Å²) < 4.78 is 6.50. The number of benzene rings is 3. The lowest BCUT2D eigenvalue weighted by molar-refractivity contribution is 0.486. The molecule has 2 heteroatoms. The van der Waals surface area contributed by atoms with Gasteiger partial charge >= 0.3 is 0 Å². The summed E-state index contributed by atoms with van der Waals surface area (Å²) in [7, 11) is 0. The molecule has 138 valence electrons. The van der Waals surface area contributed by atoms with Gasteiger partial charge < -0.3 is 4.74 Å². The zero-order valence-corrected chi connectivity index (χ0v) is 16.8. The Hall–Kier alpha value is -3.13. The van der Waals surface area contributed by atoms with E-state index in [0.717, 1.165) is 34.7 Å². The maximum Gasteiger partial charge on any atom is 0.161 e. The van der Waals surface area contributed by atoms with E-state index in [-0.39, 0.29) is 0 Å². The van der Waals surface area contributed by atoms with Crippen LogP contribution in [0.2, 0.25) is 0 Å². The number of rotatable bonds is 2. The molecular weight excluding hydrogens is 342 g/mol. The summed E-state index contributed by atoms with van der Waals surface area (Å²) in [6.07, 6.45) is 2.92. The smallest absolute Gasteiger partial charge is 0.161 e. The summed E-state index contributed by atoms with van der Waals surface area (Å²) in [6, 6.07) is 17.3. The van der Waals surface area contributed by atoms with Crippen molar-refractivity contribution in [3.05, 3.63) is 77.0 Å². The average Bonchev–Trinajstić information content (AvgIpc) is 2.71. The van der Waals surface area contributed by atoms with Crippen molar-refractivity contribution in [2.24, 2.45) is 0 Å². The highest BCUT2D eigenvalue weighted by Crippen LogP contribution is 2.50. The van der Waals surface area contributed by atoms with Crippen LogP contribution in [0.3, 0.4) is 0 Å². The van der Waals surface area contributed by atoms with Crippen LogP contribution in [0.5, 0.6) is 11.5 Å². The first kappa shape index (κ1) is 17.0. The van der Waals surface area contributed by atoms with Crippen molar-refractivity contribution in [1.82, 2.24) is 4.98 Å². The van der Waals surface area contributed by atoms with Gasteiger partial charge in [-0.2, -0.15) is 0 Å². The number of hydrogen-bond acceptors (Lipinski definition) is 2. The largest absolute Gasteiger partial charge is 0.454 e. The molecule has 0 saturated carbocycles. The molecule has 0 spiro atoms. The lowest BCUT2D eigenvalue weighted by Gasteiger charge is -2.24. The zero-order valence-electron chi connectivity index (χ0n) is 16.8. The fraction of sp³-hybridized carbons (Fsp3) is 0.192. The number of hydrogen-bond donors (Lipinski definition) is 0. The van der Waals surface area contributed by atoms with Crippen molar-refractivity contribution in [2.45, 2.75) is 34.1 Å². The standard InChI is InChI=1S/C26H23NO/c1-5-18-13-15(2)14-22(17(18)4)25-26-21(11-12-27-25)20-10-9-16(3)19-7-6-8-23(28-26)24(19)20/h6-14H,5H2,1-4H3. The summed E-state index contributed by atoms with van der Waals surface area (Å²) in [5, 5.41) is 2.45. The van der Waals surface area contributed by atoms with Crippen LogP contribution >= 0.6 is 0 Å². The van der Waals surface area contributed by atoms with E-state index >= 15 is 0 Å². The predicted molar refractivity (Wildman–Crippen MR) is 116 cm³/mol. The number of aromatic nitrogens is 1. The van der Waals surface area contributed by atoms with Crippen LogP contribution in [0.4, 0.5) is 0 Å². The lowest BCUT2D eigenvalue weighted by atomic mass is 9.90. The van der Waals surface area contributed by atoms with Gasteiger partial charge in [0.15, 0.2) is 5.75 Å². The van der Waals surface area contributed by atoms with Gasteiger partial charge in [-0.15, -0.1) is 0 Å². The molecular formula is C26H23NO. The van der Waals surface area contributed by atoms with E-state index < -0.39 is 0 Å². The Labute approximate surface area is 165 Å². The maximum atomic E-state index is 6.50. The van der Waals surface area contributed by atoms with Gasteiger partial charge in [0, 0.05) is 22.7 Å². The van der Waals surface area contributed by atoms with E-state index in [1.165, 1.54) is 38.6 Å². The fourth-order valence-corrected chi connectivity index (χ4v) is 4.44. The first-order valence-corrected chi connectivity index (χ1v) is 9.88. The van der Waals surface area contributed by atoms with E-state index in [1.807, 2.05) is 6.20 Å². The van der Waals surface area contributed by atoms with Crippen molar-refractivity contribution in [1.29, 1.82) is 0 Å².